The van der Waals surface area contributed by atoms with E-state index >= 15 is 0 Å². The summed E-state index contributed by atoms with van der Waals surface area (Å²) in [6.45, 7) is 1.37. The number of Topliss-reactive ketones (excluding diaryl/α,β-unsaturated/α-hetero) is 1. The van der Waals surface area contributed by atoms with Crippen molar-refractivity contribution >= 4 is 11.8 Å². The molecule has 0 bridgehead atoms. The van der Waals surface area contributed by atoms with Gasteiger partial charge >= 0.3 is 5.97 Å². The van der Waals surface area contributed by atoms with E-state index in [0.29, 0.717) is 5.56 Å². The Balaban J connectivity index is 2.66. The molecule has 0 fully saturated rings. The van der Waals surface area contributed by atoms with Gasteiger partial charge in [0.25, 0.3) is 5.56 Å². The van der Waals surface area contributed by atoms with Crippen molar-refractivity contribution in [3.63, 3.8) is 0 Å². The van der Waals surface area contributed by atoms with Crippen LogP contribution >= 0.6 is 0 Å². The van der Waals surface area contributed by atoms with E-state index in [4.69, 9.17) is 5.11 Å². The Morgan fingerprint density at radius 3 is 2.55 bits per heavy atom. The van der Waals surface area contributed by atoms with Crippen LogP contribution < -0.4 is 5.56 Å². The number of carboxylic acids is 1. The van der Waals surface area contributed by atoms with Crippen molar-refractivity contribution in [1.82, 2.24) is 9.78 Å². The molecule has 0 aliphatic rings. The molecule has 0 unspecified atom stereocenters. The molecule has 2 N–H and O–H groups in total. The van der Waals surface area contributed by atoms with Crippen LogP contribution in [0, 0.1) is 0 Å². The van der Waals surface area contributed by atoms with Crippen molar-refractivity contribution in [3.8, 4) is 11.4 Å². The van der Waals surface area contributed by atoms with E-state index in [1.165, 1.54) is 19.1 Å². The molecule has 0 aliphatic heterocycles. The van der Waals surface area contributed by atoms with Crippen LogP contribution in [0.2, 0.25) is 0 Å². The highest BCUT2D eigenvalue weighted by Crippen LogP contribution is 2.13. The van der Waals surface area contributed by atoms with Gasteiger partial charge in [-0.25, -0.2) is 4.79 Å². The molecule has 1 heterocycles. The minimum Gasteiger partial charge on any atom is -0.505 e. The van der Waals surface area contributed by atoms with E-state index in [1.807, 2.05) is 0 Å². The van der Waals surface area contributed by atoms with Gasteiger partial charge in [-0.2, -0.15) is 9.78 Å². The lowest BCUT2D eigenvalue weighted by molar-refractivity contribution is 0.0684. The Morgan fingerprint density at radius 1 is 1.25 bits per heavy atom. The zero-order valence-corrected chi connectivity index (χ0v) is 10.4. The molecule has 7 heteroatoms. The van der Waals surface area contributed by atoms with Gasteiger partial charge in [-0.3, -0.25) is 9.59 Å². The summed E-state index contributed by atoms with van der Waals surface area (Å²) in [6.07, 6.45) is 0. The molecule has 0 saturated heterocycles. The molecule has 1 aromatic carbocycles. The highest BCUT2D eigenvalue weighted by atomic mass is 16.4. The Bertz CT molecular complexity index is 764. The molecule has 0 saturated carbocycles. The highest BCUT2D eigenvalue weighted by molar-refractivity contribution is 5.94. The number of benzene rings is 1. The lowest BCUT2D eigenvalue weighted by atomic mass is 10.1. The summed E-state index contributed by atoms with van der Waals surface area (Å²) >= 11 is 0. The van der Waals surface area contributed by atoms with Crippen LogP contribution in [0.5, 0.6) is 5.75 Å². The van der Waals surface area contributed by atoms with Gasteiger partial charge in [0.1, 0.15) is 0 Å². The Labute approximate surface area is 112 Å². The Hall–Kier alpha value is -2.96. The lowest BCUT2D eigenvalue weighted by Gasteiger charge is -2.07. The van der Waals surface area contributed by atoms with Crippen LogP contribution in [0.3, 0.4) is 0 Å². The maximum Gasteiger partial charge on any atom is 0.360 e. The first kappa shape index (κ1) is 13.5. The number of aromatic nitrogens is 2. The number of hydrogen-bond acceptors (Lipinski definition) is 5. The third kappa shape index (κ3) is 2.41. The first-order valence-electron chi connectivity index (χ1n) is 5.58. The fourth-order valence-corrected chi connectivity index (χ4v) is 1.64. The van der Waals surface area contributed by atoms with Crippen molar-refractivity contribution in [1.29, 1.82) is 0 Å². The van der Waals surface area contributed by atoms with E-state index in [2.05, 4.69) is 5.10 Å². The van der Waals surface area contributed by atoms with Crippen molar-refractivity contribution in [2.75, 3.05) is 0 Å². The molecule has 0 spiro atoms. The maximum atomic E-state index is 11.8. The molecule has 20 heavy (non-hydrogen) atoms. The van der Waals surface area contributed by atoms with Crippen LogP contribution in [0.4, 0.5) is 0 Å². The molecule has 0 radical (unpaired) electrons. The molecule has 0 aliphatic carbocycles. The SMILES string of the molecule is CC(=O)c1cccc(-n2nc(C(=O)O)c(O)cc2=O)c1. The van der Waals surface area contributed by atoms with E-state index in [0.717, 1.165) is 10.7 Å². The molecule has 102 valence electrons. The quantitative estimate of drug-likeness (QED) is 0.802. The molecular weight excluding hydrogens is 264 g/mol. The summed E-state index contributed by atoms with van der Waals surface area (Å²) in [5, 5.41) is 21.8. The lowest BCUT2D eigenvalue weighted by Crippen LogP contribution is -2.23. The first-order valence-corrected chi connectivity index (χ1v) is 5.58. The zero-order valence-electron chi connectivity index (χ0n) is 10.4. The van der Waals surface area contributed by atoms with E-state index in [9.17, 15) is 19.5 Å². The second kappa shape index (κ2) is 4.96. The number of aromatic carboxylic acids is 1. The molecule has 7 nitrogen and oxygen atoms in total. The number of carbonyl (C=O) groups excluding carboxylic acids is 1. The summed E-state index contributed by atoms with van der Waals surface area (Å²) in [5.41, 5.74) is -0.739. The summed E-state index contributed by atoms with van der Waals surface area (Å²) in [5.74, 6) is -2.36. The minimum atomic E-state index is -1.46. The largest absolute Gasteiger partial charge is 0.505 e. The summed E-state index contributed by atoms with van der Waals surface area (Å²) in [4.78, 5) is 34.0. The number of nitrogens with zero attached hydrogens (tertiary/aromatic N) is 2. The van der Waals surface area contributed by atoms with Crippen molar-refractivity contribution in [2.45, 2.75) is 6.92 Å². The van der Waals surface area contributed by atoms with Crippen molar-refractivity contribution in [2.24, 2.45) is 0 Å². The molecule has 0 amide bonds. The topological polar surface area (TPSA) is 109 Å². The number of ketones is 1. The monoisotopic (exact) mass is 274 g/mol. The van der Waals surface area contributed by atoms with Crippen LogP contribution in [-0.2, 0) is 0 Å². The second-order valence-electron chi connectivity index (χ2n) is 4.04. The van der Waals surface area contributed by atoms with E-state index < -0.39 is 23.0 Å². The number of carboxylic acid groups (broad SMARTS) is 1. The standard InChI is InChI=1S/C13H10N2O5/c1-7(16)8-3-2-4-9(5-8)15-11(18)6-10(17)12(14-15)13(19)20/h2-6,17H,1H3,(H,19,20). The van der Waals surface area contributed by atoms with E-state index in [1.54, 1.807) is 12.1 Å². The maximum absolute atomic E-state index is 11.8. The molecular formula is C13H10N2O5. The van der Waals surface area contributed by atoms with Gasteiger partial charge in [-0.15, -0.1) is 0 Å². The minimum absolute atomic E-state index is 0.197. The van der Waals surface area contributed by atoms with Gasteiger partial charge in [0.15, 0.2) is 11.5 Å². The molecule has 0 atom stereocenters. The van der Waals surface area contributed by atoms with Gasteiger partial charge in [0.2, 0.25) is 5.69 Å². The van der Waals surface area contributed by atoms with Crippen molar-refractivity contribution < 1.29 is 19.8 Å². The number of carbonyl (C=O) groups is 2. The highest BCUT2D eigenvalue weighted by Gasteiger charge is 2.15. The van der Waals surface area contributed by atoms with Gasteiger partial charge in [0.05, 0.1) is 5.69 Å². The van der Waals surface area contributed by atoms with Crippen molar-refractivity contribution in [3.05, 3.63) is 51.9 Å². The fraction of sp³-hybridized carbons (Fsp3) is 0.0769. The fourth-order valence-electron chi connectivity index (χ4n) is 1.64. The predicted molar refractivity (Wildman–Crippen MR) is 68.5 cm³/mol. The van der Waals surface area contributed by atoms with Crippen LogP contribution in [0.15, 0.2) is 35.1 Å². The van der Waals surface area contributed by atoms with Crippen LogP contribution in [0.25, 0.3) is 5.69 Å². The second-order valence-corrected chi connectivity index (χ2v) is 4.04. The first-order chi connectivity index (χ1) is 9.40. The third-order valence-electron chi connectivity index (χ3n) is 2.61. The summed E-state index contributed by atoms with van der Waals surface area (Å²) in [7, 11) is 0. The van der Waals surface area contributed by atoms with Crippen LogP contribution in [-0.4, -0.2) is 31.7 Å². The van der Waals surface area contributed by atoms with E-state index in [-0.39, 0.29) is 11.5 Å². The number of hydrogen-bond donors (Lipinski definition) is 2. The third-order valence-corrected chi connectivity index (χ3v) is 2.61. The number of aromatic hydroxyl groups is 1. The van der Waals surface area contributed by atoms with Gasteiger partial charge in [0, 0.05) is 11.6 Å². The average molecular weight is 274 g/mol. The molecule has 2 aromatic rings. The van der Waals surface area contributed by atoms with Gasteiger partial charge in [-0.05, 0) is 19.1 Å². The van der Waals surface area contributed by atoms with Gasteiger partial charge in [-0.1, -0.05) is 12.1 Å². The Morgan fingerprint density at radius 2 is 1.95 bits per heavy atom. The molecule has 1 aromatic heterocycles. The normalized spacial score (nSPS) is 10.2. The molecule has 2 rings (SSSR count). The van der Waals surface area contributed by atoms with Gasteiger partial charge < -0.3 is 10.2 Å². The zero-order chi connectivity index (χ0) is 14.9. The van der Waals surface area contributed by atoms with Crippen LogP contribution in [0.1, 0.15) is 27.8 Å². The number of rotatable bonds is 3. The summed E-state index contributed by atoms with van der Waals surface area (Å²) < 4.78 is 0.815. The average Bonchev–Trinajstić information content (AvgIpc) is 2.38. The predicted octanol–water partition coefficient (Wildman–Crippen LogP) is 0.839. The summed E-state index contributed by atoms with van der Waals surface area (Å²) in [6, 6.07) is 6.79. The Kier molecular flexibility index (Phi) is 3.34. The smallest absolute Gasteiger partial charge is 0.360 e.